The molecule has 0 aromatic carbocycles. The van der Waals surface area contributed by atoms with E-state index < -0.39 is 0 Å². The number of nitrogens with zero attached hydrogens (tertiary/aromatic N) is 2. The standard InChI is InChI=1S/C14H21N3O3S/c18-17(19)13-9-12(10-21-13)14(11-1-7-20-8-2-11)16-5-3-15-4-6-16/h9-11,14-15H,1-8H2/t14-/m0/s1. The minimum Gasteiger partial charge on any atom is -0.381 e. The van der Waals surface area contributed by atoms with Gasteiger partial charge in [0, 0.05) is 56.9 Å². The van der Waals surface area contributed by atoms with Crippen molar-refractivity contribution in [2.24, 2.45) is 5.92 Å². The Hall–Kier alpha value is -1.02. The summed E-state index contributed by atoms with van der Waals surface area (Å²) in [7, 11) is 0. The predicted molar refractivity (Wildman–Crippen MR) is 81.7 cm³/mol. The Labute approximate surface area is 128 Å². The molecule has 2 aliphatic rings. The van der Waals surface area contributed by atoms with Crippen molar-refractivity contribution in [3.05, 3.63) is 27.1 Å². The molecule has 1 aromatic rings. The van der Waals surface area contributed by atoms with E-state index in [-0.39, 0.29) is 9.92 Å². The molecule has 1 N–H and O–H groups in total. The molecule has 3 heterocycles. The number of nitro groups is 1. The van der Waals surface area contributed by atoms with Crippen LogP contribution in [-0.2, 0) is 4.74 Å². The summed E-state index contributed by atoms with van der Waals surface area (Å²) in [5.41, 5.74) is 1.11. The van der Waals surface area contributed by atoms with E-state index in [4.69, 9.17) is 4.74 Å². The average Bonchev–Trinajstić information content (AvgIpc) is 3.00. The summed E-state index contributed by atoms with van der Waals surface area (Å²) in [6.45, 7) is 5.61. The van der Waals surface area contributed by atoms with E-state index in [9.17, 15) is 10.1 Å². The van der Waals surface area contributed by atoms with Crippen LogP contribution in [-0.4, -0.2) is 49.2 Å². The van der Waals surface area contributed by atoms with Gasteiger partial charge in [-0.05, 0) is 24.3 Å². The number of thiophene rings is 1. The summed E-state index contributed by atoms with van der Waals surface area (Å²) in [6, 6.07) is 2.06. The van der Waals surface area contributed by atoms with Gasteiger partial charge in [0.25, 0.3) is 0 Å². The van der Waals surface area contributed by atoms with Crippen LogP contribution in [0.2, 0.25) is 0 Å². The molecule has 0 bridgehead atoms. The molecule has 0 amide bonds. The van der Waals surface area contributed by atoms with E-state index in [1.807, 2.05) is 5.38 Å². The molecule has 3 rings (SSSR count). The van der Waals surface area contributed by atoms with Crippen molar-refractivity contribution in [3.63, 3.8) is 0 Å². The van der Waals surface area contributed by atoms with Gasteiger partial charge in [-0.3, -0.25) is 15.0 Å². The Bertz CT molecular complexity index is 464. The zero-order valence-corrected chi connectivity index (χ0v) is 12.8. The van der Waals surface area contributed by atoms with Gasteiger partial charge >= 0.3 is 5.00 Å². The summed E-state index contributed by atoms with van der Waals surface area (Å²) in [6.07, 6.45) is 2.08. The van der Waals surface area contributed by atoms with Gasteiger partial charge in [-0.1, -0.05) is 11.3 Å². The maximum Gasteiger partial charge on any atom is 0.324 e. The van der Waals surface area contributed by atoms with Crippen LogP contribution in [0.25, 0.3) is 0 Å². The van der Waals surface area contributed by atoms with Crippen LogP contribution in [0.4, 0.5) is 5.00 Å². The van der Waals surface area contributed by atoms with Gasteiger partial charge in [0.2, 0.25) is 0 Å². The quantitative estimate of drug-likeness (QED) is 0.681. The summed E-state index contributed by atoms with van der Waals surface area (Å²) < 4.78 is 5.48. The molecule has 0 spiro atoms. The van der Waals surface area contributed by atoms with Crippen LogP contribution in [0.5, 0.6) is 0 Å². The fraction of sp³-hybridized carbons (Fsp3) is 0.714. The minimum absolute atomic E-state index is 0.247. The van der Waals surface area contributed by atoms with Gasteiger partial charge in [0.05, 0.1) is 4.92 Å². The highest BCUT2D eigenvalue weighted by molar-refractivity contribution is 7.13. The van der Waals surface area contributed by atoms with Crippen molar-refractivity contribution >= 4 is 16.3 Å². The van der Waals surface area contributed by atoms with E-state index in [1.54, 1.807) is 6.07 Å². The molecule has 0 saturated carbocycles. The molecule has 1 atom stereocenters. The number of hydrogen-bond acceptors (Lipinski definition) is 6. The zero-order chi connectivity index (χ0) is 14.7. The van der Waals surface area contributed by atoms with E-state index >= 15 is 0 Å². The Morgan fingerprint density at radius 2 is 2.10 bits per heavy atom. The first-order valence-corrected chi connectivity index (χ1v) is 8.39. The third-order valence-corrected chi connectivity index (χ3v) is 5.28. The van der Waals surface area contributed by atoms with Crippen molar-refractivity contribution in [2.45, 2.75) is 18.9 Å². The molecule has 21 heavy (non-hydrogen) atoms. The molecule has 2 fully saturated rings. The molecule has 0 radical (unpaired) electrons. The predicted octanol–water partition coefficient (Wildman–Crippen LogP) is 2.03. The normalized spacial score (nSPS) is 23.0. The molecule has 1 aromatic heterocycles. The smallest absolute Gasteiger partial charge is 0.324 e. The van der Waals surface area contributed by atoms with Crippen molar-refractivity contribution in [1.29, 1.82) is 0 Å². The topological polar surface area (TPSA) is 67.6 Å². The molecular formula is C14H21N3O3S. The number of hydrogen-bond donors (Lipinski definition) is 1. The second kappa shape index (κ2) is 6.83. The highest BCUT2D eigenvalue weighted by Gasteiger charge is 2.32. The van der Waals surface area contributed by atoms with Crippen molar-refractivity contribution in [2.75, 3.05) is 39.4 Å². The van der Waals surface area contributed by atoms with Crippen molar-refractivity contribution in [1.82, 2.24) is 10.2 Å². The lowest BCUT2D eigenvalue weighted by Gasteiger charge is -2.40. The van der Waals surface area contributed by atoms with Crippen LogP contribution in [0.15, 0.2) is 11.4 Å². The Morgan fingerprint density at radius 1 is 1.38 bits per heavy atom. The van der Waals surface area contributed by atoms with E-state index in [2.05, 4.69) is 10.2 Å². The SMILES string of the molecule is O=[N+]([O-])c1cc([C@H](C2CCOCC2)N2CCNCC2)cs1. The van der Waals surface area contributed by atoms with Crippen LogP contribution in [0, 0.1) is 16.0 Å². The second-order valence-electron chi connectivity index (χ2n) is 5.66. The van der Waals surface area contributed by atoms with Crippen molar-refractivity contribution < 1.29 is 9.66 Å². The molecule has 7 heteroatoms. The van der Waals surface area contributed by atoms with Gasteiger partial charge in [-0.25, -0.2) is 0 Å². The van der Waals surface area contributed by atoms with Crippen molar-refractivity contribution in [3.8, 4) is 0 Å². The number of nitrogens with one attached hydrogen (secondary N) is 1. The first-order chi connectivity index (χ1) is 10.3. The first-order valence-electron chi connectivity index (χ1n) is 7.51. The number of ether oxygens (including phenoxy) is 1. The van der Waals surface area contributed by atoms with Gasteiger partial charge < -0.3 is 10.1 Å². The second-order valence-corrected chi connectivity index (χ2v) is 6.55. The number of piperazine rings is 1. The monoisotopic (exact) mass is 311 g/mol. The molecule has 2 saturated heterocycles. The third kappa shape index (κ3) is 3.42. The molecular weight excluding hydrogens is 290 g/mol. The molecule has 2 aliphatic heterocycles. The van der Waals surface area contributed by atoms with Gasteiger partial charge in [0.1, 0.15) is 0 Å². The molecule has 6 nitrogen and oxygen atoms in total. The largest absolute Gasteiger partial charge is 0.381 e. The van der Waals surface area contributed by atoms with E-state index in [0.29, 0.717) is 12.0 Å². The summed E-state index contributed by atoms with van der Waals surface area (Å²) in [5.74, 6) is 0.533. The number of rotatable bonds is 4. The Kier molecular flexibility index (Phi) is 4.84. The lowest BCUT2D eigenvalue weighted by molar-refractivity contribution is -0.380. The minimum atomic E-state index is -0.285. The fourth-order valence-corrected chi connectivity index (χ4v) is 4.12. The highest BCUT2D eigenvalue weighted by Crippen LogP contribution is 2.38. The lowest BCUT2D eigenvalue weighted by Crippen LogP contribution is -2.47. The highest BCUT2D eigenvalue weighted by atomic mass is 32.1. The molecule has 0 unspecified atom stereocenters. The van der Waals surface area contributed by atoms with Gasteiger partial charge in [-0.2, -0.15) is 0 Å². The summed E-state index contributed by atoms with van der Waals surface area (Å²) >= 11 is 1.24. The first kappa shape index (κ1) is 14.9. The molecule has 116 valence electrons. The van der Waals surface area contributed by atoms with Gasteiger partial charge in [0.15, 0.2) is 0 Å². The maximum absolute atomic E-state index is 11.0. The zero-order valence-electron chi connectivity index (χ0n) is 12.0. The third-order valence-electron chi connectivity index (χ3n) is 4.38. The Morgan fingerprint density at radius 3 is 2.71 bits per heavy atom. The molecule has 0 aliphatic carbocycles. The van der Waals surface area contributed by atoms with Crippen LogP contribution in [0.1, 0.15) is 24.4 Å². The average molecular weight is 311 g/mol. The maximum atomic E-state index is 11.0. The van der Waals surface area contributed by atoms with Crippen LogP contribution < -0.4 is 5.32 Å². The fourth-order valence-electron chi connectivity index (χ4n) is 3.36. The lowest BCUT2D eigenvalue weighted by atomic mass is 9.86. The summed E-state index contributed by atoms with van der Waals surface area (Å²) in [4.78, 5) is 13.2. The summed E-state index contributed by atoms with van der Waals surface area (Å²) in [5, 5.41) is 16.6. The Balaban J connectivity index is 1.84. The van der Waals surface area contributed by atoms with Crippen LogP contribution >= 0.6 is 11.3 Å². The van der Waals surface area contributed by atoms with E-state index in [1.165, 1.54) is 11.3 Å². The van der Waals surface area contributed by atoms with Crippen LogP contribution in [0.3, 0.4) is 0 Å². The van der Waals surface area contributed by atoms with Gasteiger partial charge in [-0.15, -0.1) is 0 Å². The van der Waals surface area contributed by atoms with E-state index in [0.717, 1.165) is 57.8 Å².